The Hall–Kier alpha value is -2.17. The van der Waals surface area contributed by atoms with Gasteiger partial charge >= 0.3 is 0 Å². The van der Waals surface area contributed by atoms with Gasteiger partial charge in [0, 0.05) is 6.54 Å². The number of hydrogen-bond donors (Lipinski definition) is 0. The molecule has 0 fully saturated rings. The molecule has 0 N–H and O–H groups in total. The van der Waals surface area contributed by atoms with Crippen LogP contribution in [0.15, 0.2) is 54.6 Å². The SMILES string of the molecule is COc1ccccc1-c1nc(C)c(Cl)c(=S)n1CCc1ccccc1. The minimum atomic E-state index is 0.529. The highest BCUT2D eigenvalue weighted by molar-refractivity contribution is 7.71. The molecule has 128 valence electrons. The van der Waals surface area contributed by atoms with Gasteiger partial charge in [-0.25, -0.2) is 4.98 Å². The van der Waals surface area contributed by atoms with Crippen molar-refractivity contribution in [2.24, 2.45) is 0 Å². The molecule has 0 aliphatic rings. The lowest BCUT2D eigenvalue weighted by Gasteiger charge is -2.17. The van der Waals surface area contributed by atoms with Crippen LogP contribution in [0.2, 0.25) is 5.02 Å². The Bertz CT molecular complexity index is 938. The number of nitrogens with zero attached hydrogens (tertiary/aromatic N) is 2. The molecule has 0 unspecified atom stereocenters. The number of ether oxygens (including phenoxy) is 1. The molecule has 3 nitrogen and oxygen atoms in total. The summed E-state index contributed by atoms with van der Waals surface area (Å²) in [6.07, 6.45) is 0.846. The van der Waals surface area contributed by atoms with E-state index in [0.29, 0.717) is 16.2 Å². The third kappa shape index (κ3) is 3.75. The summed E-state index contributed by atoms with van der Waals surface area (Å²) in [5.41, 5.74) is 2.87. The first-order valence-electron chi connectivity index (χ1n) is 8.06. The Labute approximate surface area is 157 Å². The van der Waals surface area contributed by atoms with E-state index in [1.54, 1.807) is 7.11 Å². The van der Waals surface area contributed by atoms with E-state index in [4.69, 9.17) is 33.5 Å². The summed E-state index contributed by atoms with van der Waals surface area (Å²) in [4.78, 5) is 4.71. The van der Waals surface area contributed by atoms with Gasteiger partial charge in [0.25, 0.3) is 0 Å². The second-order valence-electron chi connectivity index (χ2n) is 5.73. The predicted molar refractivity (Wildman–Crippen MR) is 105 cm³/mol. The summed E-state index contributed by atoms with van der Waals surface area (Å²) in [6.45, 7) is 2.57. The third-order valence-electron chi connectivity index (χ3n) is 4.09. The van der Waals surface area contributed by atoms with Crippen molar-refractivity contribution in [1.29, 1.82) is 0 Å². The van der Waals surface area contributed by atoms with Gasteiger partial charge in [0.2, 0.25) is 0 Å². The number of aryl methyl sites for hydroxylation is 2. The minimum Gasteiger partial charge on any atom is -0.496 e. The quantitative estimate of drug-likeness (QED) is 0.555. The third-order valence-corrected chi connectivity index (χ3v) is 5.08. The highest BCUT2D eigenvalue weighted by Gasteiger charge is 2.15. The Kier molecular flexibility index (Phi) is 5.51. The second-order valence-corrected chi connectivity index (χ2v) is 6.49. The van der Waals surface area contributed by atoms with Gasteiger partial charge in [0.05, 0.1) is 23.4 Å². The summed E-state index contributed by atoms with van der Waals surface area (Å²) in [6, 6.07) is 18.1. The summed E-state index contributed by atoms with van der Waals surface area (Å²) >= 11 is 12.0. The van der Waals surface area contributed by atoms with E-state index >= 15 is 0 Å². The van der Waals surface area contributed by atoms with Crippen LogP contribution >= 0.6 is 23.8 Å². The topological polar surface area (TPSA) is 27.1 Å². The molecule has 0 radical (unpaired) electrons. The first-order valence-corrected chi connectivity index (χ1v) is 8.84. The predicted octanol–water partition coefficient (Wildman–Crippen LogP) is 5.49. The summed E-state index contributed by atoms with van der Waals surface area (Å²) in [5.74, 6) is 1.54. The normalized spacial score (nSPS) is 10.7. The van der Waals surface area contributed by atoms with Gasteiger partial charge in [-0.3, -0.25) is 0 Å². The fourth-order valence-electron chi connectivity index (χ4n) is 2.77. The van der Waals surface area contributed by atoms with Crippen LogP contribution in [0.25, 0.3) is 11.4 Å². The number of methoxy groups -OCH3 is 1. The number of para-hydroxylation sites is 1. The largest absolute Gasteiger partial charge is 0.496 e. The van der Waals surface area contributed by atoms with Crippen molar-refractivity contribution in [2.75, 3.05) is 7.11 Å². The summed E-state index contributed by atoms with van der Waals surface area (Å²) in [5, 5.41) is 0.529. The van der Waals surface area contributed by atoms with Crippen molar-refractivity contribution in [3.63, 3.8) is 0 Å². The van der Waals surface area contributed by atoms with Crippen LogP contribution in [0.5, 0.6) is 5.75 Å². The monoisotopic (exact) mass is 370 g/mol. The van der Waals surface area contributed by atoms with Crippen LogP contribution in [0.4, 0.5) is 0 Å². The van der Waals surface area contributed by atoms with Crippen molar-refractivity contribution >= 4 is 23.8 Å². The standard InChI is InChI=1S/C20H19ClN2OS/c1-14-18(21)20(25)23(13-12-15-8-4-3-5-9-15)19(22-14)16-10-6-7-11-17(16)24-2/h3-11H,12-13H2,1-2H3. The number of hydrogen-bond acceptors (Lipinski definition) is 3. The van der Waals surface area contributed by atoms with Crippen molar-refractivity contribution in [1.82, 2.24) is 9.55 Å². The molecule has 1 aromatic heterocycles. The fourth-order valence-corrected chi connectivity index (χ4v) is 3.24. The summed E-state index contributed by atoms with van der Waals surface area (Å²) in [7, 11) is 1.66. The first kappa shape index (κ1) is 17.6. The lowest BCUT2D eigenvalue weighted by molar-refractivity contribution is 0.415. The first-order chi connectivity index (χ1) is 12.1. The molecule has 0 saturated heterocycles. The van der Waals surface area contributed by atoms with Gasteiger partial charge in [-0.2, -0.15) is 0 Å². The zero-order chi connectivity index (χ0) is 17.8. The number of rotatable bonds is 5. The van der Waals surface area contributed by atoms with Crippen LogP contribution in [0.1, 0.15) is 11.3 Å². The van der Waals surface area contributed by atoms with Gasteiger partial charge in [-0.15, -0.1) is 0 Å². The number of aromatic nitrogens is 2. The molecule has 0 saturated carbocycles. The average Bonchev–Trinajstić information content (AvgIpc) is 2.66. The van der Waals surface area contributed by atoms with Crippen LogP contribution in [-0.2, 0) is 13.0 Å². The molecule has 0 atom stereocenters. The van der Waals surface area contributed by atoms with E-state index < -0.39 is 0 Å². The van der Waals surface area contributed by atoms with E-state index in [9.17, 15) is 0 Å². The van der Waals surface area contributed by atoms with E-state index in [1.807, 2.05) is 54.0 Å². The van der Waals surface area contributed by atoms with Crippen LogP contribution in [-0.4, -0.2) is 16.7 Å². The molecule has 3 rings (SSSR count). The van der Waals surface area contributed by atoms with Crippen LogP contribution in [0, 0.1) is 11.6 Å². The molecule has 2 aromatic carbocycles. The van der Waals surface area contributed by atoms with Crippen LogP contribution in [0.3, 0.4) is 0 Å². The molecule has 1 heterocycles. The van der Waals surface area contributed by atoms with Crippen molar-refractivity contribution < 1.29 is 4.74 Å². The molecule has 5 heteroatoms. The molecule has 3 aromatic rings. The molecule has 25 heavy (non-hydrogen) atoms. The number of benzene rings is 2. The molecule has 0 spiro atoms. The van der Waals surface area contributed by atoms with E-state index in [1.165, 1.54) is 5.56 Å². The maximum atomic E-state index is 6.38. The van der Waals surface area contributed by atoms with E-state index in [0.717, 1.165) is 29.3 Å². The Morgan fingerprint density at radius 2 is 1.76 bits per heavy atom. The lowest BCUT2D eigenvalue weighted by atomic mass is 10.1. The highest BCUT2D eigenvalue weighted by atomic mass is 35.5. The maximum absolute atomic E-state index is 6.38. The molecular formula is C20H19ClN2OS. The Balaban J connectivity index is 2.10. The van der Waals surface area contributed by atoms with Gasteiger partial charge in [-0.1, -0.05) is 66.3 Å². The molecule has 0 aliphatic heterocycles. The smallest absolute Gasteiger partial charge is 0.145 e. The van der Waals surface area contributed by atoms with Crippen molar-refractivity contribution in [3.8, 4) is 17.1 Å². The van der Waals surface area contributed by atoms with Gasteiger partial charge < -0.3 is 9.30 Å². The lowest BCUT2D eigenvalue weighted by Crippen LogP contribution is -2.11. The van der Waals surface area contributed by atoms with E-state index in [-0.39, 0.29) is 0 Å². The van der Waals surface area contributed by atoms with Crippen molar-refractivity contribution in [2.45, 2.75) is 19.9 Å². The average molecular weight is 371 g/mol. The molecule has 0 amide bonds. The Morgan fingerprint density at radius 1 is 1.08 bits per heavy atom. The highest BCUT2D eigenvalue weighted by Crippen LogP contribution is 2.30. The van der Waals surface area contributed by atoms with Crippen molar-refractivity contribution in [3.05, 3.63) is 75.5 Å². The minimum absolute atomic E-state index is 0.529. The van der Waals surface area contributed by atoms with Gasteiger partial charge in [0.15, 0.2) is 0 Å². The van der Waals surface area contributed by atoms with E-state index in [2.05, 4.69) is 12.1 Å². The molecular weight excluding hydrogens is 352 g/mol. The molecule has 0 bridgehead atoms. The zero-order valence-corrected chi connectivity index (χ0v) is 15.8. The van der Waals surface area contributed by atoms with Gasteiger partial charge in [0.1, 0.15) is 16.2 Å². The zero-order valence-electron chi connectivity index (χ0n) is 14.2. The number of halogens is 1. The second kappa shape index (κ2) is 7.81. The molecule has 0 aliphatic carbocycles. The van der Waals surface area contributed by atoms with Gasteiger partial charge in [-0.05, 0) is 31.0 Å². The van der Waals surface area contributed by atoms with Crippen LogP contribution < -0.4 is 4.74 Å². The Morgan fingerprint density at radius 3 is 2.48 bits per heavy atom. The summed E-state index contributed by atoms with van der Waals surface area (Å²) < 4.78 is 8.11. The maximum Gasteiger partial charge on any atom is 0.145 e. The fraction of sp³-hybridized carbons (Fsp3) is 0.200.